The zero-order chi connectivity index (χ0) is 12.8. The van der Waals surface area contributed by atoms with Crippen LogP contribution in [0.1, 0.15) is 39.0 Å². The third-order valence-electron chi connectivity index (χ3n) is 2.92. The van der Waals surface area contributed by atoms with Gasteiger partial charge in [0.05, 0.1) is 6.54 Å². The molecule has 1 aromatic heterocycles. The standard InChI is InChI=1S/C12H24N4O/c1-5-11-14-15-12(17-11)8-16(4)7-6-10(13)9(2)3/h9-10H,5-8,13H2,1-4H3. The molecule has 17 heavy (non-hydrogen) atoms. The first-order valence-corrected chi connectivity index (χ1v) is 6.28. The Hall–Kier alpha value is -0.940. The molecule has 0 amide bonds. The molecule has 0 radical (unpaired) electrons. The smallest absolute Gasteiger partial charge is 0.230 e. The minimum Gasteiger partial charge on any atom is -0.424 e. The van der Waals surface area contributed by atoms with E-state index in [4.69, 9.17) is 10.2 Å². The van der Waals surface area contributed by atoms with Crippen LogP contribution in [0.5, 0.6) is 0 Å². The molecule has 0 saturated carbocycles. The highest BCUT2D eigenvalue weighted by atomic mass is 16.4. The highest BCUT2D eigenvalue weighted by molar-refractivity contribution is 4.81. The number of rotatable bonds is 7. The molecule has 1 atom stereocenters. The Labute approximate surface area is 103 Å². The largest absolute Gasteiger partial charge is 0.424 e. The summed E-state index contributed by atoms with van der Waals surface area (Å²) in [5.74, 6) is 1.91. The van der Waals surface area contributed by atoms with E-state index in [0.717, 1.165) is 19.4 Å². The average Bonchev–Trinajstić information content (AvgIpc) is 2.73. The summed E-state index contributed by atoms with van der Waals surface area (Å²) in [6, 6.07) is 0.256. The normalized spacial score (nSPS) is 13.6. The van der Waals surface area contributed by atoms with Crippen LogP contribution in [0, 0.1) is 5.92 Å². The lowest BCUT2D eigenvalue weighted by molar-refractivity contribution is 0.265. The lowest BCUT2D eigenvalue weighted by atomic mass is 10.0. The molecule has 0 aliphatic carbocycles. The fourth-order valence-corrected chi connectivity index (χ4v) is 1.51. The molecule has 5 heteroatoms. The topological polar surface area (TPSA) is 68.2 Å². The molecule has 1 aromatic rings. The average molecular weight is 240 g/mol. The number of hydrogen-bond acceptors (Lipinski definition) is 5. The third kappa shape index (κ3) is 4.83. The van der Waals surface area contributed by atoms with Crippen LogP contribution in [-0.4, -0.2) is 34.7 Å². The fraction of sp³-hybridized carbons (Fsp3) is 0.833. The molecule has 2 N–H and O–H groups in total. The maximum atomic E-state index is 6.01. The molecule has 1 rings (SSSR count). The molecule has 0 aliphatic rings. The van der Waals surface area contributed by atoms with Crippen LogP contribution >= 0.6 is 0 Å². The zero-order valence-electron chi connectivity index (χ0n) is 11.3. The van der Waals surface area contributed by atoms with Gasteiger partial charge in [0, 0.05) is 12.5 Å². The van der Waals surface area contributed by atoms with Crippen LogP contribution in [-0.2, 0) is 13.0 Å². The van der Waals surface area contributed by atoms with Crippen LogP contribution in [0.4, 0.5) is 0 Å². The Morgan fingerprint density at radius 1 is 1.29 bits per heavy atom. The van der Waals surface area contributed by atoms with Crippen molar-refractivity contribution in [2.45, 2.75) is 46.2 Å². The van der Waals surface area contributed by atoms with Gasteiger partial charge in [-0.15, -0.1) is 10.2 Å². The molecule has 1 heterocycles. The molecule has 0 fully saturated rings. The van der Waals surface area contributed by atoms with Gasteiger partial charge < -0.3 is 10.2 Å². The molecular formula is C12H24N4O. The van der Waals surface area contributed by atoms with Crippen LogP contribution in [0.25, 0.3) is 0 Å². The van der Waals surface area contributed by atoms with Gasteiger partial charge >= 0.3 is 0 Å². The number of aryl methyl sites for hydroxylation is 1. The van der Waals surface area contributed by atoms with Gasteiger partial charge in [-0.2, -0.15) is 0 Å². The maximum Gasteiger partial charge on any atom is 0.230 e. The van der Waals surface area contributed by atoms with Gasteiger partial charge in [-0.1, -0.05) is 20.8 Å². The van der Waals surface area contributed by atoms with Crippen molar-refractivity contribution < 1.29 is 4.42 Å². The number of nitrogens with two attached hydrogens (primary N) is 1. The molecule has 5 nitrogen and oxygen atoms in total. The van der Waals surface area contributed by atoms with Crippen LogP contribution in [0.3, 0.4) is 0 Å². The number of hydrogen-bond donors (Lipinski definition) is 1. The van der Waals surface area contributed by atoms with Gasteiger partial charge in [0.2, 0.25) is 11.8 Å². The van der Waals surface area contributed by atoms with E-state index >= 15 is 0 Å². The number of nitrogens with zero attached hydrogens (tertiary/aromatic N) is 3. The van der Waals surface area contributed by atoms with E-state index in [0.29, 0.717) is 24.2 Å². The predicted octanol–water partition coefficient (Wildman–Crippen LogP) is 1.44. The van der Waals surface area contributed by atoms with E-state index in [1.807, 2.05) is 14.0 Å². The van der Waals surface area contributed by atoms with E-state index < -0.39 is 0 Å². The quantitative estimate of drug-likeness (QED) is 0.781. The fourth-order valence-electron chi connectivity index (χ4n) is 1.51. The van der Waals surface area contributed by atoms with Gasteiger partial charge in [0.25, 0.3) is 0 Å². The van der Waals surface area contributed by atoms with Gasteiger partial charge in [0.1, 0.15) is 0 Å². The van der Waals surface area contributed by atoms with Crippen molar-refractivity contribution in [1.29, 1.82) is 0 Å². The lowest BCUT2D eigenvalue weighted by Crippen LogP contribution is -2.31. The van der Waals surface area contributed by atoms with Crippen molar-refractivity contribution in [2.24, 2.45) is 11.7 Å². The van der Waals surface area contributed by atoms with Crippen molar-refractivity contribution in [1.82, 2.24) is 15.1 Å². The first-order valence-electron chi connectivity index (χ1n) is 6.28. The Morgan fingerprint density at radius 2 is 1.94 bits per heavy atom. The first kappa shape index (κ1) is 14.1. The van der Waals surface area contributed by atoms with E-state index in [-0.39, 0.29) is 6.04 Å². The molecule has 1 unspecified atom stereocenters. The summed E-state index contributed by atoms with van der Waals surface area (Å²) in [6.07, 6.45) is 1.78. The van der Waals surface area contributed by atoms with Crippen molar-refractivity contribution in [3.05, 3.63) is 11.8 Å². The molecule has 0 bridgehead atoms. The summed E-state index contributed by atoms with van der Waals surface area (Å²) in [7, 11) is 2.04. The second kappa shape index (κ2) is 6.71. The summed E-state index contributed by atoms with van der Waals surface area (Å²) in [5.41, 5.74) is 6.01. The van der Waals surface area contributed by atoms with Crippen LogP contribution in [0.2, 0.25) is 0 Å². The highest BCUT2D eigenvalue weighted by Gasteiger charge is 2.11. The summed E-state index contributed by atoms with van der Waals surface area (Å²) in [6.45, 7) is 7.94. The maximum absolute atomic E-state index is 6.01. The van der Waals surface area contributed by atoms with Gasteiger partial charge in [-0.25, -0.2) is 0 Å². The molecule has 0 aromatic carbocycles. The van der Waals surface area contributed by atoms with Crippen molar-refractivity contribution >= 4 is 0 Å². The SMILES string of the molecule is CCc1nnc(CN(C)CCC(N)C(C)C)o1. The molecule has 0 aliphatic heterocycles. The molecule has 98 valence electrons. The second-order valence-corrected chi connectivity index (χ2v) is 4.88. The monoisotopic (exact) mass is 240 g/mol. The third-order valence-corrected chi connectivity index (χ3v) is 2.92. The van der Waals surface area contributed by atoms with Crippen molar-refractivity contribution in [3.8, 4) is 0 Å². The first-order chi connectivity index (χ1) is 8.02. The van der Waals surface area contributed by atoms with Crippen molar-refractivity contribution in [3.63, 3.8) is 0 Å². The Bertz CT molecular complexity index is 324. The van der Waals surface area contributed by atoms with Crippen LogP contribution < -0.4 is 5.73 Å². The van der Waals surface area contributed by atoms with Gasteiger partial charge in [-0.05, 0) is 25.9 Å². The van der Waals surface area contributed by atoms with E-state index in [9.17, 15) is 0 Å². The molecular weight excluding hydrogens is 216 g/mol. The molecule has 0 saturated heterocycles. The number of aromatic nitrogens is 2. The Morgan fingerprint density at radius 3 is 2.47 bits per heavy atom. The van der Waals surface area contributed by atoms with E-state index in [2.05, 4.69) is 28.9 Å². The highest BCUT2D eigenvalue weighted by Crippen LogP contribution is 2.07. The minimum atomic E-state index is 0.256. The zero-order valence-corrected chi connectivity index (χ0v) is 11.3. The van der Waals surface area contributed by atoms with Gasteiger partial charge in [-0.3, -0.25) is 4.90 Å². The van der Waals surface area contributed by atoms with Crippen molar-refractivity contribution in [2.75, 3.05) is 13.6 Å². The molecule has 0 spiro atoms. The minimum absolute atomic E-state index is 0.256. The summed E-state index contributed by atoms with van der Waals surface area (Å²) >= 11 is 0. The second-order valence-electron chi connectivity index (χ2n) is 4.88. The van der Waals surface area contributed by atoms with Crippen LogP contribution in [0.15, 0.2) is 4.42 Å². The summed E-state index contributed by atoms with van der Waals surface area (Å²) in [4.78, 5) is 2.16. The summed E-state index contributed by atoms with van der Waals surface area (Å²) in [5, 5.41) is 7.94. The Balaban J connectivity index is 2.31. The van der Waals surface area contributed by atoms with E-state index in [1.165, 1.54) is 0 Å². The Kier molecular flexibility index (Phi) is 5.58. The van der Waals surface area contributed by atoms with E-state index in [1.54, 1.807) is 0 Å². The van der Waals surface area contributed by atoms with Gasteiger partial charge in [0.15, 0.2) is 0 Å². The predicted molar refractivity (Wildman–Crippen MR) is 67.4 cm³/mol. The lowest BCUT2D eigenvalue weighted by Gasteiger charge is -2.19. The summed E-state index contributed by atoms with van der Waals surface area (Å²) < 4.78 is 5.46.